The number of carbonyl (C=O) groups excluding carboxylic acids is 4. The van der Waals surface area contributed by atoms with Crippen LogP contribution in [0.25, 0.3) is 44.5 Å². The highest BCUT2D eigenvalue weighted by Crippen LogP contribution is 2.39. The number of rotatable bonds is 10. The minimum Gasteiger partial charge on any atom is -0.453 e. The first-order valence-electron chi connectivity index (χ1n) is 19.5. The van der Waals surface area contributed by atoms with Crippen LogP contribution in [0.2, 0.25) is 0 Å². The van der Waals surface area contributed by atoms with Crippen LogP contribution in [0.5, 0.6) is 0 Å². The van der Waals surface area contributed by atoms with Crippen LogP contribution in [0, 0.1) is 11.8 Å². The van der Waals surface area contributed by atoms with Crippen LogP contribution >= 0.6 is 0 Å². The lowest BCUT2D eigenvalue weighted by molar-refractivity contribution is -0.135. The van der Waals surface area contributed by atoms with Gasteiger partial charge in [-0.2, -0.15) is 0 Å². The molecule has 290 valence electrons. The molecule has 0 unspecified atom stereocenters. The first-order valence-corrected chi connectivity index (χ1v) is 19.5. The van der Waals surface area contributed by atoms with Crippen molar-refractivity contribution in [1.29, 1.82) is 0 Å². The summed E-state index contributed by atoms with van der Waals surface area (Å²) < 4.78 is 9.58. The number of ether oxygens (including phenoxy) is 2. The van der Waals surface area contributed by atoms with E-state index in [2.05, 4.69) is 57.0 Å². The lowest BCUT2D eigenvalue weighted by Crippen LogP contribution is -2.49. The van der Waals surface area contributed by atoms with E-state index in [1.54, 1.807) is 0 Å². The zero-order valence-electron chi connectivity index (χ0n) is 31.4. The Balaban J connectivity index is 0.905. The van der Waals surface area contributed by atoms with E-state index in [4.69, 9.17) is 24.4 Å². The average Bonchev–Trinajstić information content (AvgIpc) is 3.97. The number of alkyl carbamates (subject to hydrolysis) is 2. The predicted octanol–water partition coefficient (Wildman–Crippen LogP) is 5.76. The van der Waals surface area contributed by atoms with Crippen molar-refractivity contribution in [2.24, 2.45) is 11.8 Å². The van der Waals surface area contributed by atoms with Crippen LogP contribution in [0.1, 0.15) is 75.1 Å². The first kappa shape index (κ1) is 35.7. The summed E-state index contributed by atoms with van der Waals surface area (Å²) in [6.45, 7) is 1.22. The Kier molecular flexibility index (Phi) is 9.30. The zero-order chi connectivity index (χ0) is 38.5. The molecule has 4 atom stereocenters. The summed E-state index contributed by atoms with van der Waals surface area (Å²) in [5.74, 6) is 1.53. The number of nitrogens with zero attached hydrogens (tertiary/aromatic N) is 5. The van der Waals surface area contributed by atoms with E-state index in [-0.39, 0.29) is 35.7 Å². The minimum atomic E-state index is -0.595. The molecule has 9 rings (SSSR count). The van der Waals surface area contributed by atoms with E-state index in [0.29, 0.717) is 24.6 Å². The van der Waals surface area contributed by atoms with Crippen molar-refractivity contribution in [2.45, 2.75) is 75.5 Å². The van der Waals surface area contributed by atoms with Crippen LogP contribution in [0.4, 0.5) is 9.59 Å². The van der Waals surface area contributed by atoms with Gasteiger partial charge in [0, 0.05) is 24.2 Å². The summed E-state index contributed by atoms with van der Waals surface area (Å²) >= 11 is 0. The maximum atomic E-state index is 13.7. The summed E-state index contributed by atoms with van der Waals surface area (Å²) in [5, 5.41) is 7.63. The number of pyridine rings is 1. The second-order valence-electron chi connectivity index (χ2n) is 15.4. The van der Waals surface area contributed by atoms with E-state index >= 15 is 0 Å². The van der Waals surface area contributed by atoms with Crippen molar-refractivity contribution in [3.8, 4) is 22.5 Å². The monoisotopic (exact) mass is 759 g/mol. The first-order chi connectivity index (χ1) is 27.3. The molecule has 2 aliphatic carbocycles. The predicted molar refractivity (Wildman–Crippen MR) is 206 cm³/mol. The Morgan fingerprint density at radius 2 is 1.27 bits per heavy atom. The average molecular weight is 760 g/mol. The van der Waals surface area contributed by atoms with E-state index in [0.717, 1.165) is 96.0 Å². The molecule has 3 aromatic heterocycles. The molecule has 5 aromatic rings. The van der Waals surface area contributed by atoms with Crippen molar-refractivity contribution in [3.05, 3.63) is 66.4 Å². The summed E-state index contributed by atoms with van der Waals surface area (Å²) in [5.41, 5.74) is 4.99. The number of benzene rings is 2. The molecule has 5 heterocycles. The summed E-state index contributed by atoms with van der Waals surface area (Å²) in [6.07, 6.45) is 7.55. The summed E-state index contributed by atoms with van der Waals surface area (Å²) in [4.78, 5) is 76.4. The highest BCUT2D eigenvalue weighted by atomic mass is 16.5. The maximum absolute atomic E-state index is 13.7. The fraction of sp³-hybridized carbons (Fsp3) is 0.439. The number of H-pyrrole nitrogens is 2. The van der Waals surface area contributed by atoms with Gasteiger partial charge in [0.1, 0.15) is 29.2 Å². The van der Waals surface area contributed by atoms with E-state index < -0.39 is 24.3 Å². The van der Waals surface area contributed by atoms with Gasteiger partial charge in [0.05, 0.1) is 43.9 Å². The van der Waals surface area contributed by atoms with E-state index in [1.807, 2.05) is 28.1 Å². The van der Waals surface area contributed by atoms with Crippen molar-refractivity contribution < 1.29 is 28.7 Å². The van der Waals surface area contributed by atoms with Gasteiger partial charge < -0.3 is 39.9 Å². The Morgan fingerprint density at radius 1 is 0.696 bits per heavy atom. The van der Waals surface area contributed by atoms with Crippen molar-refractivity contribution in [3.63, 3.8) is 0 Å². The second-order valence-corrected chi connectivity index (χ2v) is 15.4. The maximum Gasteiger partial charge on any atom is 0.407 e. The topological polar surface area (TPSA) is 188 Å². The third kappa shape index (κ3) is 6.90. The molecule has 4 aliphatic rings. The molecular weight excluding hydrogens is 715 g/mol. The number of amides is 4. The Morgan fingerprint density at radius 3 is 1.86 bits per heavy atom. The van der Waals surface area contributed by atoms with Crippen LogP contribution in [-0.2, 0) is 19.1 Å². The van der Waals surface area contributed by atoms with Gasteiger partial charge in [-0.15, -0.1) is 0 Å². The molecule has 15 heteroatoms. The fourth-order valence-corrected chi connectivity index (χ4v) is 8.44. The number of fused-ring (bicyclic) bond motifs is 2. The van der Waals surface area contributed by atoms with Crippen molar-refractivity contribution in [2.75, 3.05) is 27.3 Å². The van der Waals surface area contributed by atoms with Crippen molar-refractivity contribution in [1.82, 2.24) is 45.4 Å². The third-order valence-electron chi connectivity index (χ3n) is 11.7. The van der Waals surface area contributed by atoms with Crippen LogP contribution in [0.3, 0.4) is 0 Å². The lowest BCUT2D eigenvalue weighted by atomic mass is 10.0. The van der Waals surface area contributed by atoms with Crippen LogP contribution in [-0.4, -0.2) is 98.1 Å². The van der Waals surface area contributed by atoms with E-state index in [1.165, 1.54) is 14.2 Å². The van der Waals surface area contributed by atoms with Crippen LogP contribution < -0.4 is 10.6 Å². The van der Waals surface area contributed by atoms with Gasteiger partial charge in [0.25, 0.3) is 0 Å². The number of aromatic amines is 2. The lowest BCUT2D eigenvalue weighted by Gasteiger charge is -2.28. The Labute approximate surface area is 322 Å². The molecule has 4 amide bonds. The molecule has 0 spiro atoms. The third-order valence-corrected chi connectivity index (χ3v) is 11.7. The van der Waals surface area contributed by atoms with Gasteiger partial charge in [-0.25, -0.2) is 24.5 Å². The molecular formula is C41H45N9O6. The van der Waals surface area contributed by atoms with Crippen molar-refractivity contribution >= 4 is 45.9 Å². The Hall–Kier alpha value is -5.99. The SMILES string of the molecule is COC(=O)N[C@H](C(=O)N1CCC[C@H]1c1ncc(-c2ccc3cc(-c4ccc5nc([C@@H]6CCCN6C(=O)[C@@H](NC(=O)OC)C6CC6)[nH]c5n4)ccc3c2)[nH]1)C1CC1. The number of likely N-dealkylation sites (tertiary alicyclic amines) is 2. The fourth-order valence-electron chi connectivity index (χ4n) is 8.44. The molecule has 2 saturated carbocycles. The molecule has 56 heavy (non-hydrogen) atoms. The number of imidazole rings is 2. The van der Waals surface area contributed by atoms with Gasteiger partial charge >= 0.3 is 12.2 Å². The standard InChI is InChI=1S/C41H45N9O6/c1-55-40(53)46-33(22-7-8-22)38(51)49-17-3-5-31(49)36-42-21-30(45-36)27-14-12-24-19-26(13-11-25(24)20-27)28-15-16-29-35(43-28)48-37(44-29)32-6-4-18-50(32)39(52)34(23-9-10-23)47-41(54)56-2/h11-16,19-23,31-34H,3-10,17-18H2,1-2H3,(H,42,45)(H,46,53)(H,47,54)(H,43,44,48)/t31-,32-,33-,34-/m0/s1. The molecule has 2 saturated heterocycles. The molecule has 4 N–H and O–H groups in total. The van der Waals surface area contributed by atoms with Crippen LogP contribution in [0.15, 0.2) is 54.7 Å². The normalized spacial score (nSPS) is 20.6. The number of methoxy groups -OCH3 is 2. The smallest absolute Gasteiger partial charge is 0.407 e. The largest absolute Gasteiger partial charge is 0.453 e. The number of hydrogen-bond acceptors (Lipinski definition) is 9. The minimum absolute atomic E-state index is 0.0814. The summed E-state index contributed by atoms with van der Waals surface area (Å²) in [7, 11) is 2.62. The summed E-state index contributed by atoms with van der Waals surface area (Å²) in [6, 6.07) is 14.8. The van der Waals surface area contributed by atoms with Gasteiger partial charge in [-0.05, 0) is 98.2 Å². The molecule has 4 fully saturated rings. The second kappa shape index (κ2) is 14.6. The van der Waals surface area contributed by atoms with Gasteiger partial charge in [0.2, 0.25) is 11.8 Å². The molecule has 0 radical (unpaired) electrons. The van der Waals surface area contributed by atoms with E-state index in [9.17, 15) is 19.2 Å². The number of carbonyl (C=O) groups is 4. The molecule has 15 nitrogen and oxygen atoms in total. The number of nitrogens with one attached hydrogen (secondary N) is 4. The van der Waals surface area contributed by atoms with Gasteiger partial charge in [-0.3, -0.25) is 9.59 Å². The highest BCUT2D eigenvalue weighted by Gasteiger charge is 2.44. The number of hydrogen-bond donors (Lipinski definition) is 4. The number of aromatic nitrogens is 5. The molecule has 2 aromatic carbocycles. The Bertz CT molecular complexity index is 2330. The van der Waals surface area contributed by atoms with Gasteiger partial charge in [-0.1, -0.05) is 24.3 Å². The van der Waals surface area contributed by atoms with Gasteiger partial charge in [0.15, 0.2) is 5.65 Å². The quantitative estimate of drug-likeness (QED) is 0.137. The highest BCUT2D eigenvalue weighted by molar-refractivity contribution is 5.91. The zero-order valence-corrected chi connectivity index (χ0v) is 31.4. The molecule has 2 aliphatic heterocycles. The molecule has 0 bridgehead atoms.